The van der Waals surface area contributed by atoms with Crippen LogP contribution in [0.1, 0.15) is 18.5 Å². The topological polar surface area (TPSA) is 37.8 Å². The molecular weight excluding hydrogens is 266 g/mol. The summed E-state index contributed by atoms with van der Waals surface area (Å²) < 4.78 is 0. The van der Waals surface area contributed by atoms with Crippen LogP contribution in [-0.2, 0) is 0 Å². The van der Waals surface area contributed by atoms with Crippen molar-refractivity contribution in [1.82, 2.24) is 9.97 Å². The summed E-state index contributed by atoms with van der Waals surface area (Å²) in [5.41, 5.74) is 3.25. The van der Waals surface area contributed by atoms with Crippen molar-refractivity contribution in [2.45, 2.75) is 13.0 Å². The van der Waals surface area contributed by atoms with Crippen LogP contribution in [0.15, 0.2) is 59.6 Å². The van der Waals surface area contributed by atoms with Gasteiger partial charge in [-0.3, -0.25) is 0 Å². The molecule has 0 amide bonds. The number of hydrogen-bond acceptors (Lipinski definition) is 4. The molecule has 3 aromatic rings. The van der Waals surface area contributed by atoms with Crippen LogP contribution < -0.4 is 5.32 Å². The standard InChI is InChI=1S/C16H15N3S/c1-12(14-7-8-20-11-14)19-15-9-17-16(18-10-15)13-5-3-2-4-6-13/h2-12,19H,1H3. The Bertz CT molecular complexity index is 648. The van der Waals surface area contributed by atoms with Crippen LogP contribution >= 0.6 is 11.3 Å². The highest BCUT2D eigenvalue weighted by Crippen LogP contribution is 2.21. The molecule has 0 radical (unpaired) electrons. The lowest BCUT2D eigenvalue weighted by Gasteiger charge is -2.13. The van der Waals surface area contributed by atoms with Gasteiger partial charge in [0.2, 0.25) is 0 Å². The van der Waals surface area contributed by atoms with Gasteiger partial charge in [0.25, 0.3) is 0 Å². The molecule has 1 aromatic carbocycles. The lowest BCUT2D eigenvalue weighted by Crippen LogP contribution is -2.06. The van der Waals surface area contributed by atoms with E-state index in [0.29, 0.717) is 0 Å². The monoisotopic (exact) mass is 281 g/mol. The largest absolute Gasteiger partial charge is 0.376 e. The first-order valence-electron chi connectivity index (χ1n) is 6.49. The number of nitrogens with zero attached hydrogens (tertiary/aromatic N) is 2. The normalized spacial score (nSPS) is 12.1. The predicted molar refractivity (Wildman–Crippen MR) is 83.8 cm³/mol. The maximum atomic E-state index is 4.41. The maximum absolute atomic E-state index is 4.41. The Morgan fingerprint density at radius 2 is 1.80 bits per heavy atom. The zero-order valence-electron chi connectivity index (χ0n) is 11.2. The Morgan fingerprint density at radius 1 is 1.05 bits per heavy atom. The van der Waals surface area contributed by atoms with E-state index in [-0.39, 0.29) is 6.04 Å². The molecule has 0 fully saturated rings. The van der Waals surface area contributed by atoms with Crippen molar-refractivity contribution in [3.8, 4) is 11.4 Å². The molecule has 20 heavy (non-hydrogen) atoms. The molecule has 1 unspecified atom stereocenters. The van der Waals surface area contributed by atoms with Crippen molar-refractivity contribution in [2.24, 2.45) is 0 Å². The first-order chi connectivity index (χ1) is 9.83. The van der Waals surface area contributed by atoms with E-state index in [1.165, 1.54) is 5.56 Å². The molecule has 0 aliphatic rings. The summed E-state index contributed by atoms with van der Waals surface area (Å²) in [4.78, 5) is 8.82. The van der Waals surface area contributed by atoms with Gasteiger partial charge in [-0.1, -0.05) is 30.3 Å². The molecule has 0 saturated heterocycles. The third kappa shape index (κ3) is 2.86. The van der Waals surface area contributed by atoms with Gasteiger partial charge in [-0.05, 0) is 29.3 Å². The van der Waals surface area contributed by atoms with Gasteiger partial charge in [0, 0.05) is 11.6 Å². The second kappa shape index (κ2) is 5.84. The molecule has 0 bridgehead atoms. The van der Waals surface area contributed by atoms with Crippen molar-refractivity contribution >= 4 is 17.0 Å². The number of rotatable bonds is 4. The van der Waals surface area contributed by atoms with Crippen LogP contribution in [0.3, 0.4) is 0 Å². The Morgan fingerprint density at radius 3 is 2.45 bits per heavy atom. The second-order valence-electron chi connectivity index (χ2n) is 4.58. The molecule has 3 nitrogen and oxygen atoms in total. The number of hydrogen-bond donors (Lipinski definition) is 1. The molecule has 0 aliphatic heterocycles. The number of thiophene rings is 1. The van der Waals surface area contributed by atoms with Gasteiger partial charge in [-0.2, -0.15) is 11.3 Å². The Labute approximate surface area is 122 Å². The Balaban J connectivity index is 1.74. The maximum Gasteiger partial charge on any atom is 0.159 e. The SMILES string of the molecule is CC(Nc1cnc(-c2ccccc2)nc1)c1ccsc1. The van der Waals surface area contributed by atoms with Gasteiger partial charge in [-0.15, -0.1) is 0 Å². The fourth-order valence-electron chi connectivity index (χ4n) is 1.99. The second-order valence-corrected chi connectivity index (χ2v) is 5.36. The number of benzene rings is 1. The average Bonchev–Trinajstić information content (AvgIpc) is 3.03. The van der Waals surface area contributed by atoms with Crippen molar-refractivity contribution in [3.63, 3.8) is 0 Å². The predicted octanol–water partition coefficient (Wildman–Crippen LogP) is 4.38. The number of nitrogens with one attached hydrogen (secondary N) is 1. The summed E-state index contributed by atoms with van der Waals surface area (Å²) >= 11 is 1.71. The van der Waals surface area contributed by atoms with E-state index >= 15 is 0 Å². The van der Waals surface area contributed by atoms with E-state index in [9.17, 15) is 0 Å². The van der Waals surface area contributed by atoms with Crippen LogP contribution in [0.25, 0.3) is 11.4 Å². The van der Waals surface area contributed by atoms with E-state index in [2.05, 4.69) is 39.0 Å². The zero-order valence-corrected chi connectivity index (χ0v) is 12.0. The van der Waals surface area contributed by atoms with E-state index in [4.69, 9.17) is 0 Å². The Hall–Kier alpha value is -2.20. The molecule has 0 aliphatic carbocycles. The van der Waals surface area contributed by atoms with E-state index in [1.807, 2.05) is 42.7 Å². The molecule has 100 valence electrons. The molecule has 2 heterocycles. The third-order valence-corrected chi connectivity index (χ3v) is 3.81. The van der Waals surface area contributed by atoms with Crippen LogP contribution in [0.2, 0.25) is 0 Å². The fourth-order valence-corrected chi connectivity index (χ4v) is 2.75. The quantitative estimate of drug-likeness (QED) is 0.771. The minimum atomic E-state index is 0.257. The number of anilines is 1. The van der Waals surface area contributed by atoms with E-state index < -0.39 is 0 Å². The van der Waals surface area contributed by atoms with Crippen molar-refractivity contribution in [3.05, 3.63) is 65.1 Å². The van der Waals surface area contributed by atoms with Gasteiger partial charge in [0.1, 0.15) is 0 Å². The lowest BCUT2D eigenvalue weighted by atomic mass is 10.2. The zero-order chi connectivity index (χ0) is 13.8. The minimum absolute atomic E-state index is 0.257. The van der Waals surface area contributed by atoms with E-state index in [1.54, 1.807) is 11.3 Å². The van der Waals surface area contributed by atoms with Crippen LogP contribution in [0.4, 0.5) is 5.69 Å². The summed E-state index contributed by atoms with van der Waals surface area (Å²) in [5.74, 6) is 0.749. The molecule has 2 aromatic heterocycles. The Kier molecular flexibility index (Phi) is 3.74. The summed E-state index contributed by atoms with van der Waals surface area (Å²) in [6, 6.07) is 12.4. The smallest absolute Gasteiger partial charge is 0.159 e. The first kappa shape index (κ1) is 12.8. The summed E-state index contributed by atoms with van der Waals surface area (Å²) in [6.07, 6.45) is 3.66. The molecule has 1 N–H and O–H groups in total. The summed E-state index contributed by atoms with van der Waals surface area (Å²) in [5, 5.41) is 7.64. The third-order valence-electron chi connectivity index (χ3n) is 3.11. The van der Waals surface area contributed by atoms with Gasteiger partial charge in [-0.25, -0.2) is 9.97 Å². The number of aromatic nitrogens is 2. The molecule has 0 spiro atoms. The van der Waals surface area contributed by atoms with Gasteiger partial charge < -0.3 is 5.32 Å². The average molecular weight is 281 g/mol. The van der Waals surface area contributed by atoms with Crippen LogP contribution in [-0.4, -0.2) is 9.97 Å². The highest BCUT2D eigenvalue weighted by Gasteiger charge is 2.06. The highest BCUT2D eigenvalue weighted by molar-refractivity contribution is 7.07. The van der Waals surface area contributed by atoms with Crippen molar-refractivity contribution < 1.29 is 0 Å². The van der Waals surface area contributed by atoms with Crippen molar-refractivity contribution in [2.75, 3.05) is 5.32 Å². The molecular formula is C16H15N3S. The first-order valence-corrected chi connectivity index (χ1v) is 7.43. The van der Waals surface area contributed by atoms with Crippen molar-refractivity contribution in [1.29, 1.82) is 0 Å². The van der Waals surface area contributed by atoms with Crippen LogP contribution in [0, 0.1) is 0 Å². The molecule has 3 rings (SSSR count). The van der Waals surface area contributed by atoms with Gasteiger partial charge in [0.15, 0.2) is 5.82 Å². The van der Waals surface area contributed by atoms with Gasteiger partial charge >= 0.3 is 0 Å². The lowest BCUT2D eigenvalue weighted by molar-refractivity contribution is 0.886. The fraction of sp³-hybridized carbons (Fsp3) is 0.125. The van der Waals surface area contributed by atoms with Crippen LogP contribution in [0.5, 0.6) is 0 Å². The molecule has 4 heteroatoms. The summed E-state index contributed by atoms with van der Waals surface area (Å²) in [6.45, 7) is 2.13. The summed E-state index contributed by atoms with van der Waals surface area (Å²) in [7, 11) is 0. The molecule has 0 saturated carbocycles. The van der Waals surface area contributed by atoms with E-state index in [0.717, 1.165) is 17.1 Å². The minimum Gasteiger partial charge on any atom is -0.376 e. The highest BCUT2D eigenvalue weighted by atomic mass is 32.1. The molecule has 1 atom stereocenters. The van der Waals surface area contributed by atoms with Gasteiger partial charge in [0.05, 0.1) is 18.1 Å².